The van der Waals surface area contributed by atoms with E-state index in [1.54, 1.807) is 53.7 Å². The third kappa shape index (κ3) is 21.1. The van der Waals surface area contributed by atoms with Gasteiger partial charge in [-0.15, -0.1) is 0 Å². The van der Waals surface area contributed by atoms with Gasteiger partial charge in [0.05, 0.1) is 52.9 Å². The van der Waals surface area contributed by atoms with Gasteiger partial charge in [-0.2, -0.15) is 0 Å². The molecule has 2 aromatic carbocycles. The average molecular weight is 760 g/mol. The van der Waals surface area contributed by atoms with Crippen LogP contribution in [0.1, 0.15) is 78.2 Å². The molecule has 0 saturated heterocycles. The highest BCUT2D eigenvalue weighted by molar-refractivity contribution is 6.07. The predicted octanol–water partition coefficient (Wildman–Crippen LogP) is 3.82. The molecule has 0 aliphatic heterocycles. The number of alkyl carbamates (subject to hydrolysis) is 2. The summed E-state index contributed by atoms with van der Waals surface area (Å²) in [6, 6.07) is 11.4. The highest BCUT2D eigenvalue weighted by atomic mass is 16.6. The van der Waals surface area contributed by atoms with Gasteiger partial charge in [0.2, 0.25) is 0 Å². The molecule has 0 saturated carbocycles. The third-order valence-electron chi connectivity index (χ3n) is 6.67. The van der Waals surface area contributed by atoms with Crippen LogP contribution in [0.4, 0.5) is 15.3 Å². The van der Waals surface area contributed by atoms with Crippen molar-refractivity contribution in [2.24, 2.45) is 0 Å². The van der Waals surface area contributed by atoms with Crippen LogP contribution in [0, 0.1) is 6.92 Å². The number of hydrogen-bond donors (Lipinski definition) is 5. The minimum atomic E-state index is -0.577. The Morgan fingerprint density at radius 3 is 1.22 bits per heavy atom. The summed E-state index contributed by atoms with van der Waals surface area (Å²) in [6.45, 7) is 15.7. The van der Waals surface area contributed by atoms with Gasteiger partial charge in [0.25, 0.3) is 17.7 Å². The van der Waals surface area contributed by atoms with E-state index in [-0.39, 0.29) is 82.6 Å². The Hall–Kier alpha value is -4.77. The number of hydrogen-bond acceptors (Lipinski definition) is 11. The summed E-state index contributed by atoms with van der Waals surface area (Å²) in [4.78, 5) is 62.4. The molecule has 0 aliphatic rings. The largest absolute Gasteiger partial charge is 0.444 e. The van der Waals surface area contributed by atoms with Crippen molar-refractivity contribution in [3.8, 4) is 0 Å². The number of anilines is 1. The summed E-state index contributed by atoms with van der Waals surface area (Å²) in [5, 5.41) is 13.5. The lowest BCUT2D eigenvalue weighted by Gasteiger charge is -2.19. The average Bonchev–Trinajstić information content (AvgIpc) is 3.08. The summed E-state index contributed by atoms with van der Waals surface area (Å²) < 4.78 is 32.2. The molecule has 5 N–H and O–H groups in total. The lowest BCUT2D eigenvalue weighted by Crippen LogP contribution is -2.34. The minimum Gasteiger partial charge on any atom is -0.444 e. The SMILES string of the molecule is Cc1ccc(C(=O)Nc2cc(C(=O)NCCOCCOCCNC(=O)OC(C)(C)C)cc(C(=O)NCCOCCOCCNC(=O)OC(C)(C)C)c2)cc1. The Labute approximate surface area is 317 Å². The Bertz CT molecular complexity index is 1410. The molecule has 54 heavy (non-hydrogen) atoms. The molecule has 0 bridgehead atoms. The third-order valence-corrected chi connectivity index (χ3v) is 6.67. The lowest BCUT2D eigenvalue weighted by molar-refractivity contribution is 0.0396. The van der Waals surface area contributed by atoms with Crippen molar-refractivity contribution in [3.05, 3.63) is 64.7 Å². The molecule has 0 fully saturated rings. The zero-order valence-corrected chi connectivity index (χ0v) is 32.5. The van der Waals surface area contributed by atoms with Gasteiger partial charge in [0.1, 0.15) is 11.2 Å². The summed E-state index contributed by atoms with van der Waals surface area (Å²) in [5.74, 6) is -1.33. The number of benzene rings is 2. The van der Waals surface area contributed by atoms with Gasteiger partial charge in [-0.05, 0) is 78.8 Å². The van der Waals surface area contributed by atoms with Crippen LogP contribution in [0.5, 0.6) is 0 Å². The van der Waals surface area contributed by atoms with E-state index in [4.69, 9.17) is 28.4 Å². The molecule has 300 valence electrons. The van der Waals surface area contributed by atoms with Gasteiger partial charge in [-0.3, -0.25) is 14.4 Å². The minimum absolute atomic E-state index is 0.164. The number of rotatable bonds is 22. The number of aryl methyl sites for hydroxylation is 1. The molecule has 0 unspecified atom stereocenters. The topological polar surface area (TPSA) is 201 Å². The normalized spacial score (nSPS) is 11.3. The van der Waals surface area contributed by atoms with Crippen molar-refractivity contribution in [1.29, 1.82) is 0 Å². The number of nitrogens with one attached hydrogen (secondary N) is 5. The zero-order valence-electron chi connectivity index (χ0n) is 32.5. The van der Waals surface area contributed by atoms with Crippen molar-refractivity contribution in [3.63, 3.8) is 0 Å². The van der Waals surface area contributed by atoms with E-state index in [0.29, 0.717) is 18.8 Å². The second kappa shape index (κ2) is 23.8. The fourth-order valence-corrected chi connectivity index (χ4v) is 4.27. The highest BCUT2D eigenvalue weighted by Gasteiger charge is 2.17. The van der Waals surface area contributed by atoms with Crippen molar-refractivity contribution in [2.75, 3.05) is 84.4 Å². The van der Waals surface area contributed by atoms with Crippen molar-refractivity contribution in [2.45, 2.75) is 59.7 Å². The molecule has 0 aliphatic carbocycles. The second-order valence-electron chi connectivity index (χ2n) is 13.9. The molecular weight excluding hydrogens is 702 g/mol. The molecule has 16 heteroatoms. The van der Waals surface area contributed by atoms with Crippen LogP contribution >= 0.6 is 0 Å². The van der Waals surface area contributed by atoms with E-state index >= 15 is 0 Å². The maximum Gasteiger partial charge on any atom is 0.407 e. The van der Waals surface area contributed by atoms with Crippen LogP contribution in [0.15, 0.2) is 42.5 Å². The van der Waals surface area contributed by atoms with Gasteiger partial charge in [0, 0.05) is 48.6 Å². The first-order valence-electron chi connectivity index (χ1n) is 17.9. The predicted molar refractivity (Wildman–Crippen MR) is 202 cm³/mol. The Morgan fingerprint density at radius 1 is 0.481 bits per heavy atom. The van der Waals surface area contributed by atoms with Crippen molar-refractivity contribution >= 4 is 35.6 Å². The van der Waals surface area contributed by atoms with Gasteiger partial charge < -0.3 is 55.0 Å². The summed E-state index contributed by atoms with van der Waals surface area (Å²) in [5.41, 5.74) is 0.857. The van der Waals surface area contributed by atoms with Crippen LogP contribution in [0.25, 0.3) is 0 Å². The van der Waals surface area contributed by atoms with Crippen LogP contribution in [0.2, 0.25) is 0 Å². The molecule has 0 spiro atoms. The summed E-state index contributed by atoms with van der Waals surface area (Å²) in [7, 11) is 0. The van der Waals surface area contributed by atoms with Crippen LogP contribution in [-0.2, 0) is 28.4 Å². The molecule has 0 radical (unpaired) electrons. The molecular formula is C38H57N5O11. The number of ether oxygens (including phenoxy) is 6. The van der Waals surface area contributed by atoms with E-state index < -0.39 is 41.1 Å². The summed E-state index contributed by atoms with van der Waals surface area (Å²) >= 11 is 0. The molecule has 0 aromatic heterocycles. The fourth-order valence-electron chi connectivity index (χ4n) is 4.27. The maximum absolute atomic E-state index is 13.1. The van der Waals surface area contributed by atoms with Crippen molar-refractivity contribution in [1.82, 2.24) is 21.3 Å². The first-order chi connectivity index (χ1) is 25.5. The Kier molecular flexibility index (Phi) is 20.0. The second-order valence-corrected chi connectivity index (χ2v) is 13.9. The van der Waals surface area contributed by atoms with E-state index in [1.807, 2.05) is 19.1 Å². The standard InChI is InChI=1S/C38H57N5O11/c1-27-8-10-28(11-9-27)34(46)43-31-25-29(32(44)39-12-16-49-20-22-51-18-14-41-35(47)53-37(2,3)4)24-30(26-31)33(45)40-13-17-50-21-23-52-19-15-42-36(48)54-38(5,6)7/h8-11,24-26H,12-23H2,1-7H3,(H,39,44)(H,40,45)(H,41,47)(H,42,48)(H,43,46). The fraction of sp³-hybridized carbons (Fsp3) is 0.553. The molecule has 16 nitrogen and oxygen atoms in total. The van der Waals surface area contributed by atoms with E-state index in [9.17, 15) is 24.0 Å². The highest BCUT2D eigenvalue weighted by Crippen LogP contribution is 2.17. The van der Waals surface area contributed by atoms with Gasteiger partial charge in [0.15, 0.2) is 0 Å². The number of carbonyl (C=O) groups excluding carboxylic acids is 5. The zero-order chi connectivity index (χ0) is 40.0. The molecule has 5 amide bonds. The van der Waals surface area contributed by atoms with E-state index in [0.717, 1.165) is 5.56 Å². The first kappa shape index (κ1) is 45.4. The van der Waals surface area contributed by atoms with Crippen LogP contribution in [-0.4, -0.2) is 120 Å². The maximum atomic E-state index is 13.1. The number of carbonyl (C=O) groups is 5. The van der Waals surface area contributed by atoms with E-state index in [1.165, 1.54) is 18.2 Å². The van der Waals surface area contributed by atoms with E-state index in [2.05, 4.69) is 26.6 Å². The van der Waals surface area contributed by atoms with Crippen LogP contribution in [0.3, 0.4) is 0 Å². The van der Waals surface area contributed by atoms with Crippen molar-refractivity contribution < 1.29 is 52.4 Å². The molecule has 0 atom stereocenters. The lowest BCUT2D eigenvalue weighted by atomic mass is 10.1. The summed E-state index contributed by atoms with van der Waals surface area (Å²) in [6.07, 6.45) is -1.03. The number of amides is 5. The smallest absolute Gasteiger partial charge is 0.407 e. The molecule has 0 heterocycles. The molecule has 2 aromatic rings. The first-order valence-corrected chi connectivity index (χ1v) is 17.9. The Morgan fingerprint density at radius 2 is 0.852 bits per heavy atom. The Balaban J connectivity index is 1.80. The van der Waals surface area contributed by atoms with Gasteiger partial charge >= 0.3 is 12.2 Å². The van der Waals surface area contributed by atoms with Gasteiger partial charge in [-0.25, -0.2) is 9.59 Å². The quantitative estimate of drug-likeness (QED) is 0.109. The molecule has 2 rings (SSSR count). The van der Waals surface area contributed by atoms with Gasteiger partial charge in [-0.1, -0.05) is 17.7 Å². The van der Waals surface area contributed by atoms with Crippen LogP contribution < -0.4 is 26.6 Å². The monoisotopic (exact) mass is 759 g/mol.